The Labute approximate surface area is 145 Å². The van der Waals surface area contributed by atoms with Gasteiger partial charge in [-0.15, -0.1) is 5.10 Å². The summed E-state index contributed by atoms with van der Waals surface area (Å²) in [5, 5.41) is 15.0. The standard InChI is InChI=1S/C16H23N7O2/c1-11-15(12(2)25-18-11)8-21-5-13-3-4-14(7-21)23(6-13)16(24)9-22-10-17-19-20-22/h10,13-14H,3-9H2,1-2H3/t13-,14+/m1/s1. The lowest BCUT2D eigenvalue weighted by molar-refractivity contribution is -0.136. The van der Waals surface area contributed by atoms with Crippen molar-refractivity contribution in [3.8, 4) is 0 Å². The van der Waals surface area contributed by atoms with E-state index >= 15 is 0 Å². The number of hydrogen-bond acceptors (Lipinski definition) is 7. The maximum Gasteiger partial charge on any atom is 0.244 e. The molecule has 0 radical (unpaired) electrons. The first-order chi connectivity index (χ1) is 12.1. The highest BCUT2D eigenvalue weighted by molar-refractivity contribution is 5.76. The minimum absolute atomic E-state index is 0.0983. The zero-order valence-corrected chi connectivity index (χ0v) is 14.6. The second kappa shape index (κ2) is 6.55. The Morgan fingerprint density at radius 3 is 2.88 bits per heavy atom. The SMILES string of the molecule is Cc1noc(C)c1CN1C[C@H]2CC[C@@H](C1)N(C(=O)Cn1cnnn1)C2. The Balaban J connectivity index is 1.46. The molecule has 25 heavy (non-hydrogen) atoms. The number of hydrogen-bond donors (Lipinski definition) is 0. The van der Waals surface area contributed by atoms with E-state index in [1.165, 1.54) is 23.0 Å². The van der Waals surface area contributed by atoms with E-state index in [2.05, 4.69) is 25.6 Å². The van der Waals surface area contributed by atoms with Gasteiger partial charge in [-0.1, -0.05) is 5.16 Å². The van der Waals surface area contributed by atoms with E-state index in [4.69, 9.17) is 4.52 Å². The fourth-order valence-corrected chi connectivity index (χ4v) is 4.05. The van der Waals surface area contributed by atoms with E-state index < -0.39 is 0 Å². The molecule has 0 N–H and O–H groups in total. The van der Waals surface area contributed by atoms with Crippen LogP contribution in [-0.4, -0.2) is 66.7 Å². The third kappa shape index (κ3) is 3.28. The van der Waals surface area contributed by atoms with Gasteiger partial charge in [-0.2, -0.15) is 0 Å². The maximum atomic E-state index is 12.7. The van der Waals surface area contributed by atoms with E-state index in [9.17, 15) is 4.79 Å². The molecule has 0 aromatic carbocycles. The Kier molecular flexibility index (Phi) is 4.24. The number of tetrazole rings is 1. The van der Waals surface area contributed by atoms with Crippen LogP contribution < -0.4 is 0 Å². The number of piperidine rings is 1. The third-order valence-electron chi connectivity index (χ3n) is 5.36. The van der Waals surface area contributed by atoms with Gasteiger partial charge in [0.05, 0.1) is 5.69 Å². The van der Waals surface area contributed by atoms with Gasteiger partial charge in [-0.05, 0) is 43.0 Å². The van der Waals surface area contributed by atoms with Crippen molar-refractivity contribution in [1.29, 1.82) is 0 Å². The van der Waals surface area contributed by atoms with Crippen LogP contribution in [0, 0.1) is 19.8 Å². The summed E-state index contributed by atoms with van der Waals surface area (Å²) >= 11 is 0. The summed E-state index contributed by atoms with van der Waals surface area (Å²) in [5.41, 5.74) is 2.13. The van der Waals surface area contributed by atoms with Crippen molar-refractivity contribution < 1.29 is 9.32 Å². The first-order valence-corrected chi connectivity index (χ1v) is 8.74. The van der Waals surface area contributed by atoms with Gasteiger partial charge in [0.15, 0.2) is 0 Å². The third-order valence-corrected chi connectivity index (χ3v) is 5.36. The summed E-state index contributed by atoms with van der Waals surface area (Å²) in [4.78, 5) is 17.2. The van der Waals surface area contributed by atoms with E-state index in [-0.39, 0.29) is 18.5 Å². The summed E-state index contributed by atoms with van der Waals surface area (Å²) in [7, 11) is 0. The second-order valence-corrected chi connectivity index (χ2v) is 7.15. The van der Waals surface area contributed by atoms with Crippen LogP contribution >= 0.6 is 0 Å². The lowest BCUT2D eigenvalue weighted by Gasteiger charge is -2.36. The average molecular weight is 345 g/mol. The highest BCUT2D eigenvalue weighted by Crippen LogP contribution is 2.29. The molecule has 134 valence electrons. The molecule has 5 heterocycles. The first-order valence-electron chi connectivity index (χ1n) is 8.74. The van der Waals surface area contributed by atoms with Gasteiger partial charge in [0.2, 0.25) is 5.91 Å². The van der Waals surface area contributed by atoms with Crippen LogP contribution in [0.15, 0.2) is 10.9 Å². The fourth-order valence-electron chi connectivity index (χ4n) is 4.05. The van der Waals surface area contributed by atoms with Crippen LogP contribution in [-0.2, 0) is 17.9 Å². The van der Waals surface area contributed by atoms with Crippen molar-refractivity contribution >= 4 is 5.91 Å². The van der Waals surface area contributed by atoms with Crippen molar-refractivity contribution in [1.82, 2.24) is 35.2 Å². The van der Waals surface area contributed by atoms with Crippen LogP contribution in [0.5, 0.6) is 0 Å². The number of nitrogens with zero attached hydrogens (tertiary/aromatic N) is 7. The molecule has 9 heteroatoms. The van der Waals surface area contributed by atoms with Crippen molar-refractivity contribution in [2.45, 2.75) is 45.8 Å². The Morgan fingerprint density at radius 2 is 2.16 bits per heavy atom. The summed E-state index contributed by atoms with van der Waals surface area (Å²) in [6.07, 6.45) is 3.72. The molecule has 3 fully saturated rings. The molecule has 2 aromatic rings. The van der Waals surface area contributed by atoms with Crippen LogP contribution in [0.3, 0.4) is 0 Å². The average Bonchev–Trinajstić information content (AvgIpc) is 3.10. The van der Waals surface area contributed by atoms with Crippen molar-refractivity contribution in [2.24, 2.45) is 5.92 Å². The van der Waals surface area contributed by atoms with Gasteiger partial charge in [0.25, 0.3) is 0 Å². The van der Waals surface area contributed by atoms with E-state index in [1.54, 1.807) is 0 Å². The predicted molar refractivity (Wildman–Crippen MR) is 87.3 cm³/mol. The molecular weight excluding hydrogens is 322 g/mol. The van der Waals surface area contributed by atoms with E-state index in [0.29, 0.717) is 5.92 Å². The van der Waals surface area contributed by atoms with E-state index in [1.807, 2.05) is 18.7 Å². The molecule has 2 atom stereocenters. The lowest BCUT2D eigenvalue weighted by atomic mass is 9.95. The second-order valence-electron chi connectivity index (χ2n) is 7.15. The Hall–Kier alpha value is -2.29. The molecule has 1 amide bonds. The Morgan fingerprint density at radius 1 is 1.28 bits per heavy atom. The maximum absolute atomic E-state index is 12.7. The molecule has 3 saturated heterocycles. The molecule has 0 spiro atoms. The zero-order valence-electron chi connectivity index (χ0n) is 14.6. The topological polar surface area (TPSA) is 93.2 Å². The number of amides is 1. The molecule has 0 unspecified atom stereocenters. The monoisotopic (exact) mass is 345 g/mol. The van der Waals surface area contributed by atoms with E-state index in [0.717, 1.165) is 44.1 Å². The summed E-state index contributed by atoms with van der Waals surface area (Å²) < 4.78 is 6.78. The molecule has 0 saturated carbocycles. The van der Waals surface area contributed by atoms with Gasteiger partial charge in [-0.25, -0.2) is 4.68 Å². The minimum atomic E-state index is 0.0983. The summed E-state index contributed by atoms with van der Waals surface area (Å²) in [5.74, 6) is 1.50. The minimum Gasteiger partial charge on any atom is -0.361 e. The van der Waals surface area contributed by atoms with Crippen LogP contribution in [0.25, 0.3) is 0 Å². The molecule has 9 nitrogen and oxygen atoms in total. The number of aromatic nitrogens is 5. The highest BCUT2D eigenvalue weighted by atomic mass is 16.5. The quantitative estimate of drug-likeness (QED) is 0.792. The summed E-state index contributed by atoms with van der Waals surface area (Å²) in [6, 6.07) is 0.253. The molecule has 3 aliphatic rings. The molecule has 5 rings (SSSR count). The highest BCUT2D eigenvalue weighted by Gasteiger charge is 2.37. The van der Waals surface area contributed by atoms with Crippen molar-refractivity contribution in [2.75, 3.05) is 19.6 Å². The smallest absolute Gasteiger partial charge is 0.244 e. The van der Waals surface area contributed by atoms with Gasteiger partial charge in [0.1, 0.15) is 18.6 Å². The molecule has 3 aliphatic heterocycles. The van der Waals surface area contributed by atoms with Crippen molar-refractivity contribution in [3.63, 3.8) is 0 Å². The first kappa shape index (κ1) is 16.2. The largest absolute Gasteiger partial charge is 0.361 e. The fraction of sp³-hybridized carbons (Fsp3) is 0.688. The number of fused-ring (bicyclic) bond motifs is 4. The number of carbonyl (C=O) groups is 1. The molecule has 0 aliphatic carbocycles. The normalized spacial score (nSPS) is 23.8. The number of carbonyl (C=O) groups excluding carboxylic acids is 1. The van der Waals surface area contributed by atoms with Gasteiger partial charge < -0.3 is 9.42 Å². The van der Waals surface area contributed by atoms with Crippen LogP contribution in [0.1, 0.15) is 29.9 Å². The summed E-state index contributed by atoms with van der Waals surface area (Å²) in [6.45, 7) is 7.72. The van der Waals surface area contributed by atoms with Gasteiger partial charge >= 0.3 is 0 Å². The zero-order chi connectivity index (χ0) is 17.4. The van der Waals surface area contributed by atoms with Crippen molar-refractivity contribution in [3.05, 3.63) is 23.3 Å². The Bertz CT molecular complexity index is 722. The van der Waals surface area contributed by atoms with Gasteiger partial charge in [0, 0.05) is 37.8 Å². The molecular formula is C16H23N7O2. The molecule has 2 aromatic heterocycles. The lowest BCUT2D eigenvalue weighted by Crippen LogP contribution is -2.48. The number of rotatable bonds is 4. The molecule has 2 bridgehead atoms. The predicted octanol–water partition coefficient (Wildman–Crippen LogP) is 0.401. The number of aryl methyl sites for hydroxylation is 2. The van der Waals surface area contributed by atoms with Crippen LogP contribution in [0.4, 0.5) is 0 Å². The van der Waals surface area contributed by atoms with Crippen LogP contribution in [0.2, 0.25) is 0 Å². The van der Waals surface area contributed by atoms with Gasteiger partial charge in [-0.3, -0.25) is 9.69 Å².